The minimum Gasteiger partial charge on any atom is -0.506 e. The molecule has 5 fully saturated rings. The van der Waals surface area contributed by atoms with Crippen LogP contribution in [0, 0.1) is 0 Å². The van der Waals surface area contributed by atoms with Crippen molar-refractivity contribution in [1.82, 2.24) is 44.5 Å². The summed E-state index contributed by atoms with van der Waals surface area (Å²) in [6.45, 7) is 6.66. The third-order valence-corrected chi connectivity index (χ3v) is 19.3. The van der Waals surface area contributed by atoms with Gasteiger partial charge in [0, 0.05) is 121 Å². The molecule has 22 N–H and O–H groups in total. The lowest BCUT2D eigenvalue weighted by molar-refractivity contribution is -0.279. The largest absolute Gasteiger partial charge is 0.506 e. The van der Waals surface area contributed by atoms with Crippen LogP contribution in [0.5, 0.6) is 28.7 Å². The molecular weight excluding hydrogens is 1680 g/mol. The van der Waals surface area contributed by atoms with Crippen molar-refractivity contribution in [3.05, 3.63) is 95.1 Å². The summed E-state index contributed by atoms with van der Waals surface area (Å²) in [6.07, 6.45) is -13.0. The second-order valence-corrected chi connectivity index (χ2v) is 28.5. The molecule has 10 unspecified atom stereocenters. The highest BCUT2D eigenvalue weighted by atomic mass is 16.7. The van der Waals surface area contributed by atoms with Crippen molar-refractivity contribution in [3.8, 4) is 28.7 Å². The van der Waals surface area contributed by atoms with E-state index in [0.29, 0.717) is 60.8 Å². The molecule has 0 spiro atoms. The first-order valence-corrected chi connectivity index (χ1v) is 38.9. The van der Waals surface area contributed by atoms with Crippen LogP contribution in [-0.2, 0) is 83.3 Å². The van der Waals surface area contributed by atoms with Crippen molar-refractivity contribution in [2.45, 2.75) is 138 Å². The number of hydrogen-bond acceptors (Lipinski definition) is 37. The summed E-state index contributed by atoms with van der Waals surface area (Å²) in [5, 5.41) is 123. The molecule has 47 nitrogen and oxygen atoms in total. The zero-order valence-electron chi connectivity index (χ0n) is 72.8. The van der Waals surface area contributed by atoms with Gasteiger partial charge in [-0.3, -0.25) is 4.90 Å². The number of rotatable bonds is 25. The lowest BCUT2D eigenvalue weighted by Gasteiger charge is -2.38. The Labute approximate surface area is 728 Å². The Hall–Kier alpha value is -11.4. The number of carboxylic acid groups (broad SMARTS) is 2. The van der Waals surface area contributed by atoms with Gasteiger partial charge in [-0.1, -0.05) is 37.1 Å². The van der Waals surface area contributed by atoms with E-state index in [2.05, 4.69) is 35.2 Å². The average Bonchev–Trinajstić information content (AvgIpc) is 0.966. The SMILES string of the molecule is CN1CCN(C)C1=O.CNCCN(C)C(=O)OC.COC(=O)N(C)CCN(C)C(=O)OCc1ccc(O)c(N)c1.COC(=O)N(C)CCN(C)C(=O)OCc1ccc(OC2OC(C(=O)O)C(O)C(O)C2O)c(N)c1.COc1ccc(CCO[C@@H]2CCCC[C@H]2N2CC[C@@H](O)C2)cc1OC.Nc1cc(CO)ccc1O.O.O=C(O)C1OC(O)C(O)C(O)C1O.O=C=O. The minimum atomic E-state index is -1.85. The fourth-order valence-corrected chi connectivity index (χ4v) is 11.8. The number of ether oxygens (including phenoxy) is 11. The van der Waals surface area contributed by atoms with Gasteiger partial charge in [-0.15, -0.1) is 0 Å². The molecule has 0 radical (unpaired) electrons. The highest BCUT2D eigenvalue weighted by molar-refractivity contribution is 5.76. The number of aliphatic hydroxyl groups excluding tert-OH is 9. The molecule has 4 heterocycles. The van der Waals surface area contributed by atoms with E-state index in [9.17, 15) is 63.9 Å². The van der Waals surface area contributed by atoms with Crippen LogP contribution >= 0.6 is 0 Å². The molecule has 4 saturated heterocycles. The number of anilines is 3. The topological polar surface area (TPSA) is 683 Å². The molecular formula is C79H126N12O35. The second kappa shape index (κ2) is 58.7. The minimum absolute atomic E-state index is 0. The second-order valence-electron chi connectivity index (χ2n) is 28.5. The number of aliphatic hydroxyl groups is 9. The fourth-order valence-electron chi connectivity index (χ4n) is 11.8. The van der Waals surface area contributed by atoms with E-state index < -0.39 is 97.7 Å². The van der Waals surface area contributed by atoms with Gasteiger partial charge in [0.15, 0.2) is 30.0 Å². The van der Waals surface area contributed by atoms with Crippen molar-refractivity contribution in [3.63, 3.8) is 0 Å². The Bertz CT molecular complexity index is 3980. The molecule has 5 aliphatic rings. The van der Waals surface area contributed by atoms with Gasteiger partial charge in [0.2, 0.25) is 6.29 Å². The number of likely N-dealkylation sites (tertiary alicyclic amines) is 1. The number of aromatic hydroxyl groups is 2. The van der Waals surface area contributed by atoms with Crippen LogP contribution in [0.3, 0.4) is 0 Å². The summed E-state index contributed by atoms with van der Waals surface area (Å²) in [4.78, 5) is 118. The van der Waals surface area contributed by atoms with Crippen molar-refractivity contribution < 1.29 is 172 Å². The normalized spacial score (nSPS) is 21.3. The number of amides is 7. The number of carbonyl (C=O) groups excluding carboxylic acids is 8. The number of nitrogens with one attached hydrogen (secondary N) is 1. The number of phenolic OH excluding ortho intramolecular Hbond substituents is 2. The highest BCUT2D eigenvalue weighted by Gasteiger charge is 2.49. The molecule has 13 atom stereocenters. The molecule has 1 saturated carbocycles. The lowest BCUT2D eigenvalue weighted by Crippen LogP contribution is -2.61. The molecule has 9 rings (SSSR count). The summed E-state index contributed by atoms with van der Waals surface area (Å²) < 4.78 is 55.7. The number of nitrogen functional groups attached to an aromatic ring is 3. The number of carboxylic acids is 2. The Balaban J connectivity index is 0.000000770. The van der Waals surface area contributed by atoms with Gasteiger partial charge in [-0.25, -0.2) is 38.4 Å². The van der Waals surface area contributed by atoms with Crippen molar-refractivity contribution in [2.24, 2.45) is 0 Å². The summed E-state index contributed by atoms with van der Waals surface area (Å²) in [5.74, 6) is -1.49. The third-order valence-electron chi connectivity index (χ3n) is 19.3. The van der Waals surface area contributed by atoms with Gasteiger partial charge >= 0.3 is 54.6 Å². The molecule has 712 valence electrons. The number of aliphatic carboxylic acids is 2. The molecule has 126 heavy (non-hydrogen) atoms. The Morgan fingerprint density at radius 3 is 1.37 bits per heavy atom. The van der Waals surface area contributed by atoms with Crippen LogP contribution in [-0.4, -0.2) is 409 Å². The lowest BCUT2D eigenvalue weighted by atomic mass is 9.91. The molecule has 0 aromatic heterocycles. The molecule has 47 heteroatoms. The maximum Gasteiger partial charge on any atom is 0.409 e. The maximum atomic E-state index is 12.1. The Kier molecular flexibility index (Phi) is 52.5. The standard InChI is InChI=1S/C20H29N3O11.C20H31NO4.C14H21N3O5.C7H9NO2.C6H14N2O2.C6H10O7.C5H10N2O.CO2.H2O/c1-22(19(29)31-3)6-7-23(2)20(30)32-9-10-4-5-12(11(21)8-10)33-18-15(26)13(24)14(25)16(34-18)17(27)28;1-23-19-8-7-15(13-20(19)24-2)10-12-25-18-6-4-3-5-17(18)21-11-9-16(22)14-21;1-16(13(19)21-3)6-7-17(2)14(20)22-9-10-4-5-12(18)11(15)8-10;8-6-3-5(4-9)1-2-7(6)10;1-7-4-5-8(2)6(9)10-3;7-1-2(8)4(5(10)11)13-6(12)3(1)9;1-6-3-4-7(2)5(6)8;2-1-3;/h4-5,8,13-16,18,24-26H,6-7,9,21H2,1-3H3,(H,27,28);7-8,13,16-18,22H,3-6,9-12,14H2,1-2H3;4-5,8,18H,6-7,9,15H2,1-3H3;1-3,9-10H,4,8H2;7H,4-5H2,1-3H3;1-4,6-9,12H,(H,10,11);3-4H2,1-2H3;;1H2/t;16-,17-,18-;;;;;;;/m.1......./s1. The van der Waals surface area contributed by atoms with Gasteiger partial charge in [0.25, 0.3) is 0 Å². The molecule has 0 bridgehead atoms. The first-order chi connectivity index (χ1) is 59.0. The average molecular weight is 1800 g/mol. The third kappa shape index (κ3) is 38.2. The number of nitrogens with zero attached hydrogens (tertiary/aromatic N) is 8. The summed E-state index contributed by atoms with van der Waals surface area (Å²) >= 11 is 0. The number of likely N-dealkylation sites (N-methyl/N-ethyl adjacent to an activating group) is 8. The van der Waals surface area contributed by atoms with Crippen molar-refractivity contribution in [1.29, 1.82) is 0 Å². The van der Waals surface area contributed by atoms with Gasteiger partial charge in [0.05, 0.1) is 78.0 Å². The number of hydrogen-bond donors (Lipinski definition) is 17. The zero-order valence-corrected chi connectivity index (χ0v) is 72.8. The first-order valence-electron chi connectivity index (χ1n) is 38.9. The summed E-state index contributed by atoms with van der Waals surface area (Å²) in [5.41, 5.74) is 20.5. The smallest absolute Gasteiger partial charge is 0.409 e. The number of phenols is 2. The van der Waals surface area contributed by atoms with E-state index >= 15 is 0 Å². The van der Waals surface area contributed by atoms with Crippen LogP contribution in [0.15, 0.2) is 72.8 Å². The van der Waals surface area contributed by atoms with E-state index in [4.69, 9.17) is 101 Å². The summed E-state index contributed by atoms with van der Waals surface area (Å²) in [6, 6.07) is 20.2. The number of nitrogens with two attached hydrogens (primary N) is 3. The summed E-state index contributed by atoms with van der Waals surface area (Å²) in [7, 11) is 20.6. The van der Waals surface area contributed by atoms with Crippen LogP contribution < -0.4 is 36.7 Å². The van der Waals surface area contributed by atoms with Gasteiger partial charge < -0.3 is 181 Å². The molecule has 4 aliphatic heterocycles. The van der Waals surface area contributed by atoms with E-state index in [1.165, 1.54) is 127 Å². The number of urea groups is 1. The molecule has 7 amide bonds. The van der Waals surface area contributed by atoms with Crippen molar-refractivity contribution >= 4 is 71.6 Å². The quantitative estimate of drug-likeness (QED) is 0.0204. The number of β-amino-alcohol motifs (C(OH)–C–C–N with tert-alkyl or cyclic N) is 1. The van der Waals surface area contributed by atoms with Gasteiger partial charge in [-0.2, -0.15) is 9.59 Å². The van der Waals surface area contributed by atoms with Crippen LogP contribution in [0.25, 0.3) is 0 Å². The Morgan fingerprint density at radius 1 is 0.524 bits per heavy atom. The maximum absolute atomic E-state index is 12.1. The Morgan fingerprint density at radius 2 is 0.944 bits per heavy atom. The molecule has 1 aliphatic carbocycles. The van der Waals surface area contributed by atoms with Crippen LogP contribution in [0.2, 0.25) is 0 Å². The van der Waals surface area contributed by atoms with E-state index in [1.54, 1.807) is 57.3 Å². The number of carbonyl (C=O) groups is 8. The monoisotopic (exact) mass is 1800 g/mol. The first kappa shape index (κ1) is 113. The van der Waals surface area contributed by atoms with E-state index in [0.717, 1.165) is 63.5 Å². The predicted octanol–water partition coefficient (Wildman–Crippen LogP) is -1.49. The highest BCUT2D eigenvalue weighted by Crippen LogP contribution is 2.33. The fraction of sp³-hybridized carbons (Fsp3) is 0.582. The van der Waals surface area contributed by atoms with Gasteiger partial charge in [0.1, 0.15) is 67.1 Å². The van der Waals surface area contributed by atoms with Crippen molar-refractivity contribution in [2.75, 3.05) is 181 Å². The van der Waals surface area contributed by atoms with Crippen LogP contribution in [0.1, 0.15) is 54.4 Å². The van der Waals surface area contributed by atoms with E-state index in [-0.39, 0.29) is 91.4 Å². The van der Waals surface area contributed by atoms with Crippen LogP contribution in [0.4, 0.5) is 45.8 Å². The van der Waals surface area contributed by atoms with Gasteiger partial charge in [-0.05, 0) is 104 Å². The molecule has 4 aromatic carbocycles. The number of methoxy groups -OCH3 is 5. The van der Waals surface area contributed by atoms with E-state index in [1.807, 2.05) is 33.3 Å². The predicted molar refractivity (Wildman–Crippen MR) is 445 cm³/mol. The number of benzene rings is 4. The molecule has 4 aromatic rings. The zero-order chi connectivity index (χ0) is 94.5.